The second-order valence-electron chi connectivity index (χ2n) is 3.86. The Morgan fingerprint density at radius 1 is 1.25 bits per heavy atom. The number of anilines is 1. The third-order valence-electron chi connectivity index (χ3n) is 2.49. The van der Waals surface area contributed by atoms with E-state index in [1.807, 2.05) is 5.38 Å². The summed E-state index contributed by atoms with van der Waals surface area (Å²) in [6.45, 7) is 0. The van der Waals surface area contributed by atoms with Gasteiger partial charge in [-0.2, -0.15) is 8.78 Å². The summed E-state index contributed by atoms with van der Waals surface area (Å²) in [6.07, 6.45) is 0. The highest BCUT2D eigenvalue weighted by atomic mass is 32.2. The second-order valence-corrected chi connectivity index (χ2v) is 5.87. The minimum atomic E-state index is -2.54. The fraction of sp³-hybridized carbons (Fsp3) is 0.154. The standard InChI is InChI=1S/C13H12F2N2OS2/c14-13(15)20-9-5-2-1-4-8(9)17-12(18)11(16)10-6-3-7-19-10/h1-7,11,13H,16H2,(H,17,18). The molecule has 1 unspecified atom stereocenters. The SMILES string of the molecule is NC(C(=O)Nc1ccccc1SC(F)F)c1cccs1. The Morgan fingerprint density at radius 3 is 2.65 bits per heavy atom. The van der Waals surface area contributed by atoms with Gasteiger partial charge in [0.1, 0.15) is 6.04 Å². The Morgan fingerprint density at radius 2 is 2.00 bits per heavy atom. The Bertz CT molecular complexity index is 576. The van der Waals surface area contributed by atoms with Gasteiger partial charge >= 0.3 is 0 Å². The summed E-state index contributed by atoms with van der Waals surface area (Å²) < 4.78 is 24.9. The van der Waals surface area contributed by atoms with Crippen LogP contribution >= 0.6 is 23.1 Å². The highest BCUT2D eigenvalue weighted by molar-refractivity contribution is 7.99. The number of nitrogens with two attached hydrogens (primary N) is 1. The van der Waals surface area contributed by atoms with Crippen LogP contribution in [0.1, 0.15) is 10.9 Å². The maximum Gasteiger partial charge on any atom is 0.288 e. The van der Waals surface area contributed by atoms with Gasteiger partial charge in [-0.1, -0.05) is 30.0 Å². The number of carbonyl (C=O) groups is 1. The molecule has 0 radical (unpaired) electrons. The Hall–Kier alpha value is -1.44. The van der Waals surface area contributed by atoms with Crippen LogP contribution in [0.25, 0.3) is 0 Å². The van der Waals surface area contributed by atoms with Crippen molar-refractivity contribution in [1.29, 1.82) is 0 Å². The lowest BCUT2D eigenvalue weighted by molar-refractivity contribution is -0.117. The molecule has 1 aromatic heterocycles. The maximum atomic E-state index is 12.4. The fourth-order valence-corrected chi connectivity index (χ4v) is 2.90. The molecule has 0 spiro atoms. The third kappa shape index (κ3) is 3.78. The zero-order valence-electron chi connectivity index (χ0n) is 10.3. The summed E-state index contributed by atoms with van der Waals surface area (Å²) in [5.41, 5.74) is 6.17. The molecule has 2 aromatic rings. The highest BCUT2D eigenvalue weighted by Gasteiger charge is 2.18. The van der Waals surface area contributed by atoms with Crippen molar-refractivity contribution in [2.24, 2.45) is 5.73 Å². The van der Waals surface area contributed by atoms with Gasteiger partial charge in [-0.3, -0.25) is 4.79 Å². The Balaban J connectivity index is 2.11. The Labute approximate surface area is 123 Å². The minimum absolute atomic E-state index is 0.314. The number of alkyl halides is 2. The first-order valence-electron chi connectivity index (χ1n) is 5.71. The van der Waals surface area contributed by atoms with Crippen molar-refractivity contribution >= 4 is 34.7 Å². The molecular weight excluding hydrogens is 302 g/mol. The lowest BCUT2D eigenvalue weighted by Crippen LogP contribution is -2.27. The van der Waals surface area contributed by atoms with E-state index in [4.69, 9.17) is 5.73 Å². The first kappa shape index (κ1) is 15.0. The summed E-state index contributed by atoms with van der Waals surface area (Å²) in [5.74, 6) is -2.96. The molecular formula is C13H12F2N2OS2. The van der Waals surface area contributed by atoms with Crippen molar-refractivity contribution in [3.8, 4) is 0 Å². The van der Waals surface area contributed by atoms with E-state index in [2.05, 4.69) is 5.32 Å². The molecule has 1 aromatic carbocycles. The first-order chi connectivity index (χ1) is 9.58. The second kappa shape index (κ2) is 6.83. The number of hydrogen-bond donors (Lipinski definition) is 2. The highest BCUT2D eigenvalue weighted by Crippen LogP contribution is 2.32. The van der Waals surface area contributed by atoms with Crippen LogP contribution in [0.4, 0.5) is 14.5 Å². The largest absolute Gasteiger partial charge is 0.323 e. The zero-order chi connectivity index (χ0) is 14.5. The number of amides is 1. The maximum absolute atomic E-state index is 12.4. The van der Waals surface area contributed by atoms with Gasteiger partial charge in [-0.15, -0.1) is 11.3 Å². The molecule has 2 rings (SSSR count). The minimum Gasteiger partial charge on any atom is -0.323 e. The Kier molecular flexibility index (Phi) is 5.11. The van der Waals surface area contributed by atoms with Crippen LogP contribution in [0.5, 0.6) is 0 Å². The number of para-hydroxylation sites is 1. The molecule has 106 valence electrons. The van der Waals surface area contributed by atoms with Gasteiger partial charge < -0.3 is 11.1 Å². The van der Waals surface area contributed by atoms with Crippen LogP contribution in [0.2, 0.25) is 0 Å². The van der Waals surface area contributed by atoms with Gasteiger partial charge in [-0.25, -0.2) is 0 Å². The first-order valence-corrected chi connectivity index (χ1v) is 7.47. The summed E-state index contributed by atoms with van der Waals surface area (Å²) in [6, 6.07) is 9.16. The summed E-state index contributed by atoms with van der Waals surface area (Å²) in [7, 11) is 0. The molecule has 20 heavy (non-hydrogen) atoms. The van der Waals surface area contributed by atoms with Crippen LogP contribution in [0.3, 0.4) is 0 Å². The summed E-state index contributed by atoms with van der Waals surface area (Å²) >= 11 is 1.76. The lowest BCUT2D eigenvalue weighted by atomic mass is 10.2. The van der Waals surface area contributed by atoms with Gasteiger partial charge in [0.15, 0.2) is 0 Å². The van der Waals surface area contributed by atoms with E-state index in [9.17, 15) is 13.6 Å². The normalized spacial score (nSPS) is 12.4. The zero-order valence-corrected chi connectivity index (χ0v) is 11.9. The van der Waals surface area contributed by atoms with Crippen molar-refractivity contribution in [1.82, 2.24) is 0 Å². The molecule has 0 aliphatic rings. The molecule has 0 fully saturated rings. The van der Waals surface area contributed by atoms with Gasteiger partial charge in [0.05, 0.1) is 5.69 Å². The van der Waals surface area contributed by atoms with Crippen LogP contribution in [-0.2, 0) is 4.79 Å². The summed E-state index contributed by atoms with van der Waals surface area (Å²) in [4.78, 5) is 13.1. The molecule has 0 aliphatic carbocycles. The molecule has 1 atom stereocenters. The molecule has 7 heteroatoms. The average Bonchev–Trinajstić information content (AvgIpc) is 2.93. The van der Waals surface area contributed by atoms with Gasteiger partial charge in [0.2, 0.25) is 5.91 Å². The van der Waals surface area contributed by atoms with E-state index in [0.29, 0.717) is 22.3 Å². The number of nitrogens with one attached hydrogen (secondary N) is 1. The number of halogens is 2. The number of thiophene rings is 1. The van der Waals surface area contributed by atoms with Gasteiger partial charge in [0.25, 0.3) is 5.76 Å². The monoisotopic (exact) mass is 314 g/mol. The van der Waals surface area contributed by atoms with Crippen LogP contribution in [0, 0.1) is 0 Å². The quantitative estimate of drug-likeness (QED) is 0.827. The van der Waals surface area contributed by atoms with Gasteiger partial charge in [0, 0.05) is 9.77 Å². The third-order valence-corrected chi connectivity index (χ3v) is 4.24. The summed E-state index contributed by atoms with van der Waals surface area (Å²) in [5, 5.41) is 4.41. The predicted molar refractivity (Wildman–Crippen MR) is 78.2 cm³/mol. The van der Waals surface area contributed by atoms with Crippen molar-refractivity contribution in [2.75, 3.05) is 5.32 Å². The van der Waals surface area contributed by atoms with E-state index < -0.39 is 17.7 Å². The number of carbonyl (C=O) groups excluding carboxylic acids is 1. The fourth-order valence-electron chi connectivity index (χ4n) is 1.58. The number of rotatable bonds is 5. The van der Waals surface area contributed by atoms with Crippen molar-refractivity contribution < 1.29 is 13.6 Å². The molecule has 0 aliphatic heterocycles. The van der Waals surface area contributed by atoms with E-state index >= 15 is 0 Å². The average molecular weight is 314 g/mol. The predicted octanol–water partition coefficient (Wildman–Crippen LogP) is 3.70. The molecule has 0 bridgehead atoms. The van der Waals surface area contributed by atoms with E-state index in [1.54, 1.807) is 30.3 Å². The lowest BCUT2D eigenvalue weighted by Gasteiger charge is -2.13. The van der Waals surface area contributed by atoms with Crippen LogP contribution < -0.4 is 11.1 Å². The molecule has 0 saturated carbocycles. The van der Waals surface area contributed by atoms with Gasteiger partial charge in [-0.05, 0) is 23.6 Å². The van der Waals surface area contributed by atoms with Crippen molar-refractivity contribution in [3.63, 3.8) is 0 Å². The molecule has 3 N–H and O–H groups in total. The van der Waals surface area contributed by atoms with Crippen LogP contribution in [-0.4, -0.2) is 11.7 Å². The smallest absolute Gasteiger partial charge is 0.288 e. The van der Waals surface area contributed by atoms with Crippen LogP contribution in [0.15, 0.2) is 46.7 Å². The van der Waals surface area contributed by atoms with Crippen molar-refractivity contribution in [3.05, 3.63) is 46.7 Å². The molecule has 1 heterocycles. The molecule has 3 nitrogen and oxygen atoms in total. The topological polar surface area (TPSA) is 55.1 Å². The molecule has 1 amide bonds. The van der Waals surface area contributed by atoms with E-state index in [1.165, 1.54) is 17.4 Å². The molecule has 0 saturated heterocycles. The van der Waals surface area contributed by atoms with Crippen molar-refractivity contribution in [2.45, 2.75) is 16.7 Å². The number of benzene rings is 1. The number of hydrogen-bond acceptors (Lipinski definition) is 4. The van der Waals surface area contributed by atoms with E-state index in [-0.39, 0.29) is 0 Å². The number of thioether (sulfide) groups is 1. The van der Waals surface area contributed by atoms with E-state index in [0.717, 1.165) is 4.88 Å².